The summed E-state index contributed by atoms with van der Waals surface area (Å²) < 4.78 is 2.44. The van der Waals surface area contributed by atoms with E-state index < -0.39 is 17.2 Å². The SMILES string of the molecule is CC(=O)c1cccc(NC(=O)Cn2c(=O)n(CC(=O)N3CCCCC3)c(=O)c3sccc32)c1. The van der Waals surface area contributed by atoms with Crippen molar-refractivity contribution in [3.8, 4) is 0 Å². The predicted molar refractivity (Wildman–Crippen MR) is 126 cm³/mol. The second-order valence-electron chi connectivity index (χ2n) is 8.02. The van der Waals surface area contributed by atoms with Gasteiger partial charge in [0.05, 0.1) is 5.52 Å². The molecule has 0 unspecified atom stereocenters. The first-order valence-corrected chi connectivity index (χ1v) is 11.6. The van der Waals surface area contributed by atoms with Crippen LogP contribution in [0.15, 0.2) is 45.3 Å². The van der Waals surface area contributed by atoms with E-state index in [2.05, 4.69) is 5.32 Å². The van der Waals surface area contributed by atoms with Gasteiger partial charge >= 0.3 is 5.69 Å². The Balaban J connectivity index is 1.62. The lowest BCUT2D eigenvalue weighted by Crippen LogP contribution is -2.46. The molecule has 2 aromatic heterocycles. The molecule has 1 aliphatic rings. The van der Waals surface area contributed by atoms with Crippen LogP contribution in [-0.4, -0.2) is 44.7 Å². The Labute approximate surface area is 193 Å². The molecule has 10 heteroatoms. The molecule has 1 N–H and O–H groups in total. The van der Waals surface area contributed by atoms with E-state index in [1.807, 2.05) is 0 Å². The number of fused-ring (bicyclic) bond motifs is 1. The zero-order chi connectivity index (χ0) is 23.5. The third kappa shape index (κ3) is 4.80. The number of carbonyl (C=O) groups is 3. The van der Waals surface area contributed by atoms with Gasteiger partial charge in [0.1, 0.15) is 17.8 Å². The number of piperidine rings is 1. The van der Waals surface area contributed by atoms with E-state index in [4.69, 9.17) is 0 Å². The van der Waals surface area contributed by atoms with Crippen molar-refractivity contribution in [2.45, 2.75) is 39.3 Å². The Bertz CT molecular complexity index is 1350. The minimum Gasteiger partial charge on any atom is -0.341 e. The van der Waals surface area contributed by atoms with E-state index in [1.165, 1.54) is 11.5 Å². The van der Waals surface area contributed by atoms with E-state index >= 15 is 0 Å². The maximum atomic E-state index is 13.2. The van der Waals surface area contributed by atoms with E-state index in [-0.39, 0.29) is 24.8 Å². The van der Waals surface area contributed by atoms with Gasteiger partial charge in [0.15, 0.2) is 5.78 Å². The van der Waals surface area contributed by atoms with Gasteiger partial charge in [-0.15, -0.1) is 11.3 Å². The van der Waals surface area contributed by atoms with Crippen LogP contribution in [0, 0.1) is 0 Å². The highest BCUT2D eigenvalue weighted by Gasteiger charge is 2.22. The normalized spacial score (nSPS) is 13.8. The van der Waals surface area contributed by atoms with Crippen molar-refractivity contribution in [2.24, 2.45) is 0 Å². The number of anilines is 1. The summed E-state index contributed by atoms with van der Waals surface area (Å²) in [5.74, 6) is -0.896. The van der Waals surface area contributed by atoms with Gasteiger partial charge in [-0.25, -0.2) is 9.36 Å². The van der Waals surface area contributed by atoms with Crippen LogP contribution >= 0.6 is 11.3 Å². The summed E-state index contributed by atoms with van der Waals surface area (Å²) in [6.45, 7) is 1.97. The molecule has 1 fully saturated rings. The summed E-state index contributed by atoms with van der Waals surface area (Å²) in [7, 11) is 0. The molecule has 1 aliphatic heterocycles. The molecule has 0 saturated carbocycles. The minimum absolute atomic E-state index is 0.132. The number of hydrogen-bond donors (Lipinski definition) is 1. The molecule has 0 radical (unpaired) electrons. The summed E-state index contributed by atoms with van der Waals surface area (Å²) in [5, 5.41) is 4.36. The van der Waals surface area contributed by atoms with Gasteiger partial charge in [-0.2, -0.15) is 0 Å². The van der Waals surface area contributed by atoms with Crippen molar-refractivity contribution in [1.82, 2.24) is 14.0 Å². The largest absolute Gasteiger partial charge is 0.341 e. The van der Waals surface area contributed by atoms with Crippen LogP contribution in [0.2, 0.25) is 0 Å². The number of aromatic nitrogens is 2. The predicted octanol–water partition coefficient (Wildman–Crippen LogP) is 2.08. The highest BCUT2D eigenvalue weighted by Crippen LogP contribution is 2.16. The Morgan fingerprint density at radius 2 is 1.76 bits per heavy atom. The summed E-state index contributed by atoms with van der Waals surface area (Å²) in [4.78, 5) is 64.8. The van der Waals surface area contributed by atoms with Gasteiger partial charge in [-0.05, 0) is 49.8 Å². The third-order valence-electron chi connectivity index (χ3n) is 5.69. The summed E-state index contributed by atoms with van der Waals surface area (Å²) in [5.41, 5.74) is 0.000238. The lowest BCUT2D eigenvalue weighted by molar-refractivity contribution is -0.132. The van der Waals surface area contributed by atoms with Gasteiger partial charge in [-0.1, -0.05) is 12.1 Å². The number of likely N-dealkylation sites (tertiary alicyclic amines) is 1. The standard InChI is InChI=1S/C23H24N4O5S/c1-15(28)16-6-5-7-17(12-16)24-19(29)13-26-18-8-11-33-21(18)22(31)27(23(26)32)14-20(30)25-9-3-2-4-10-25/h5-8,11-12H,2-4,9-10,13-14H2,1H3,(H,24,29). The monoisotopic (exact) mass is 468 g/mol. The van der Waals surface area contributed by atoms with Gasteiger partial charge in [0, 0.05) is 24.3 Å². The minimum atomic E-state index is -0.705. The zero-order valence-electron chi connectivity index (χ0n) is 18.2. The second kappa shape index (κ2) is 9.53. The number of nitrogens with zero attached hydrogens (tertiary/aromatic N) is 3. The summed E-state index contributed by atoms with van der Waals surface area (Å²) in [6.07, 6.45) is 2.86. The lowest BCUT2D eigenvalue weighted by atomic mass is 10.1. The number of amides is 2. The molecule has 0 atom stereocenters. The van der Waals surface area contributed by atoms with Crippen LogP contribution < -0.4 is 16.6 Å². The Hall–Kier alpha value is -3.53. The van der Waals surface area contributed by atoms with E-state index in [0.29, 0.717) is 34.6 Å². The van der Waals surface area contributed by atoms with Crippen molar-refractivity contribution in [2.75, 3.05) is 18.4 Å². The Morgan fingerprint density at radius 1 is 1.00 bits per heavy atom. The average Bonchev–Trinajstić information content (AvgIpc) is 3.30. The number of nitrogens with one attached hydrogen (secondary N) is 1. The first kappa shape index (κ1) is 22.7. The van der Waals surface area contributed by atoms with Gasteiger partial charge in [0.2, 0.25) is 11.8 Å². The van der Waals surface area contributed by atoms with Crippen LogP contribution in [0.1, 0.15) is 36.5 Å². The first-order valence-electron chi connectivity index (χ1n) is 10.7. The van der Waals surface area contributed by atoms with Crippen molar-refractivity contribution in [3.63, 3.8) is 0 Å². The molecule has 33 heavy (non-hydrogen) atoms. The molecule has 3 aromatic rings. The van der Waals surface area contributed by atoms with Gasteiger partial charge in [-0.3, -0.25) is 23.7 Å². The summed E-state index contributed by atoms with van der Waals surface area (Å²) in [6, 6.07) is 8.12. The molecule has 2 amide bonds. The molecule has 0 aliphatic carbocycles. The molecule has 3 heterocycles. The van der Waals surface area contributed by atoms with E-state index in [9.17, 15) is 24.0 Å². The van der Waals surface area contributed by atoms with Crippen LogP contribution in [0.3, 0.4) is 0 Å². The topological polar surface area (TPSA) is 110 Å². The van der Waals surface area contributed by atoms with E-state index in [1.54, 1.807) is 40.6 Å². The first-order chi connectivity index (χ1) is 15.8. The van der Waals surface area contributed by atoms with Crippen LogP contribution in [0.25, 0.3) is 10.2 Å². The molecule has 4 rings (SSSR count). The molecular weight excluding hydrogens is 444 g/mol. The number of ketones is 1. The Morgan fingerprint density at radius 3 is 2.48 bits per heavy atom. The van der Waals surface area contributed by atoms with Crippen LogP contribution in [-0.2, 0) is 22.7 Å². The second-order valence-corrected chi connectivity index (χ2v) is 8.94. The van der Waals surface area contributed by atoms with Crippen molar-refractivity contribution in [1.29, 1.82) is 0 Å². The highest BCUT2D eigenvalue weighted by molar-refractivity contribution is 7.17. The zero-order valence-corrected chi connectivity index (χ0v) is 19.0. The number of carbonyl (C=O) groups excluding carboxylic acids is 3. The van der Waals surface area contributed by atoms with Crippen LogP contribution in [0.5, 0.6) is 0 Å². The van der Waals surface area contributed by atoms with Crippen LogP contribution in [0.4, 0.5) is 5.69 Å². The maximum absolute atomic E-state index is 13.2. The molecule has 9 nitrogen and oxygen atoms in total. The number of rotatable bonds is 6. The van der Waals surface area contributed by atoms with Gasteiger partial charge in [0.25, 0.3) is 5.56 Å². The molecule has 172 valence electrons. The number of benzene rings is 1. The fourth-order valence-electron chi connectivity index (χ4n) is 3.96. The molecular formula is C23H24N4O5S. The van der Waals surface area contributed by atoms with Crippen molar-refractivity contribution in [3.05, 3.63) is 62.1 Å². The molecule has 0 spiro atoms. The maximum Gasteiger partial charge on any atom is 0.332 e. The highest BCUT2D eigenvalue weighted by atomic mass is 32.1. The number of hydrogen-bond acceptors (Lipinski definition) is 6. The Kier molecular flexibility index (Phi) is 6.55. The van der Waals surface area contributed by atoms with Crippen molar-refractivity contribution >= 4 is 44.8 Å². The fraction of sp³-hybridized carbons (Fsp3) is 0.348. The lowest BCUT2D eigenvalue weighted by Gasteiger charge is -2.26. The molecule has 1 saturated heterocycles. The third-order valence-corrected chi connectivity index (χ3v) is 6.58. The number of Topliss-reactive ketones (excluding diaryl/α,β-unsaturated/α-hetero) is 1. The smallest absolute Gasteiger partial charge is 0.332 e. The molecule has 0 bridgehead atoms. The fourth-order valence-corrected chi connectivity index (χ4v) is 4.81. The quantitative estimate of drug-likeness (QED) is 0.557. The van der Waals surface area contributed by atoms with Gasteiger partial charge < -0.3 is 10.2 Å². The summed E-state index contributed by atoms with van der Waals surface area (Å²) >= 11 is 1.16. The van der Waals surface area contributed by atoms with E-state index in [0.717, 1.165) is 35.2 Å². The number of thiophene rings is 1. The van der Waals surface area contributed by atoms with Crippen molar-refractivity contribution < 1.29 is 14.4 Å². The average molecular weight is 469 g/mol. The molecule has 1 aromatic carbocycles.